The SMILES string of the molecule is CC(=O)N1CCN(C(=O)C2(c3ccc(F)cc3)CCCC2)CC1. The van der Waals surface area contributed by atoms with E-state index in [1.807, 2.05) is 4.90 Å². The van der Waals surface area contributed by atoms with Crippen LogP contribution in [0.2, 0.25) is 0 Å². The zero-order valence-electron chi connectivity index (χ0n) is 13.6. The molecule has 0 radical (unpaired) electrons. The highest BCUT2D eigenvalue weighted by Crippen LogP contribution is 2.42. The molecule has 5 heteroatoms. The fraction of sp³-hybridized carbons (Fsp3) is 0.556. The van der Waals surface area contributed by atoms with E-state index in [0.717, 1.165) is 31.2 Å². The van der Waals surface area contributed by atoms with Crippen molar-refractivity contribution in [2.24, 2.45) is 0 Å². The third-order valence-corrected chi connectivity index (χ3v) is 5.28. The van der Waals surface area contributed by atoms with Gasteiger partial charge in [0.2, 0.25) is 11.8 Å². The first-order valence-corrected chi connectivity index (χ1v) is 8.34. The van der Waals surface area contributed by atoms with E-state index < -0.39 is 5.41 Å². The second-order valence-corrected chi connectivity index (χ2v) is 6.59. The molecule has 1 aromatic rings. The van der Waals surface area contributed by atoms with Gasteiger partial charge in [0, 0.05) is 33.1 Å². The monoisotopic (exact) mass is 318 g/mol. The lowest BCUT2D eigenvalue weighted by Gasteiger charge is -2.39. The Morgan fingerprint density at radius 3 is 2.00 bits per heavy atom. The molecule has 124 valence electrons. The Kier molecular flexibility index (Phi) is 4.37. The molecule has 2 amide bonds. The summed E-state index contributed by atoms with van der Waals surface area (Å²) in [5, 5.41) is 0. The third-order valence-electron chi connectivity index (χ3n) is 5.28. The Hall–Kier alpha value is -1.91. The van der Waals surface area contributed by atoms with Crippen molar-refractivity contribution in [1.29, 1.82) is 0 Å². The molecule has 1 saturated carbocycles. The van der Waals surface area contributed by atoms with Crippen molar-refractivity contribution in [1.82, 2.24) is 9.80 Å². The lowest BCUT2D eigenvalue weighted by molar-refractivity contribution is -0.142. The van der Waals surface area contributed by atoms with Crippen LogP contribution in [0.5, 0.6) is 0 Å². The minimum absolute atomic E-state index is 0.0613. The second kappa shape index (κ2) is 6.30. The molecular formula is C18H23FN2O2. The summed E-state index contributed by atoms with van der Waals surface area (Å²) in [6.45, 7) is 3.93. The number of hydrogen-bond acceptors (Lipinski definition) is 2. The molecule has 3 rings (SSSR count). The largest absolute Gasteiger partial charge is 0.339 e. The molecule has 1 heterocycles. The molecule has 0 N–H and O–H groups in total. The number of rotatable bonds is 2. The van der Waals surface area contributed by atoms with E-state index in [0.29, 0.717) is 26.2 Å². The Morgan fingerprint density at radius 1 is 0.957 bits per heavy atom. The predicted octanol–water partition coefficient (Wildman–Crippen LogP) is 2.33. The summed E-state index contributed by atoms with van der Waals surface area (Å²) in [4.78, 5) is 28.3. The van der Waals surface area contributed by atoms with Crippen LogP contribution in [-0.2, 0) is 15.0 Å². The number of piperazine rings is 1. The van der Waals surface area contributed by atoms with Crippen LogP contribution >= 0.6 is 0 Å². The van der Waals surface area contributed by atoms with Crippen LogP contribution in [0.1, 0.15) is 38.2 Å². The first-order chi connectivity index (χ1) is 11.0. The lowest BCUT2D eigenvalue weighted by atomic mass is 9.77. The van der Waals surface area contributed by atoms with Gasteiger partial charge in [-0.3, -0.25) is 9.59 Å². The zero-order chi connectivity index (χ0) is 16.4. The summed E-state index contributed by atoms with van der Waals surface area (Å²) < 4.78 is 13.2. The van der Waals surface area contributed by atoms with Crippen molar-refractivity contribution >= 4 is 11.8 Å². The Morgan fingerprint density at radius 2 is 1.48 bits per heavy atom. The molecule has 0 atom stereocenters. The van der Waals surface area contributed by atoms with Gasteiger partial charge < -0.3 is 9.80 Å². The van der Waals surface area contributed by atoms with Crippen LogP contribution in [0, 0.1) is 5.82 Å². The molecule has 0 bridgehead atoms. The molecule has 1 aliphatic heterocycles. The summed E-state index contributed by atoms with van der Waals surface area (Å²) in [5.74, 6) is -0.0690. The number of amides is 2. The highest BCUT2D eigenvalue weighted by atomic mass is 19.1. The van der Waals surface area contributed by atoms with Gasteiger partial charge in [-0.2, -0.15) is 0 Å². The highest BCUT2D eigenvalue weighted by Gasteiger charge is 2.45. The quantitative estimate of drug-likeness (QED) is 0.840. The van der Waals surface area contributed by atoms with Gasteiger partial charge >= 0.3 is 0 Å². The Balaban J connectivity index is 1.80. The maximum absolute atomic E-state index is 13.2. The number of nitrogens with zero attached hydrogens (tertiary/aromatic N) is 2. The molecule has 1 aromatic carbocycles. The van der Waals surface area contributed by atoms with E-state index >= 15 is 0 Å². The van der Waals surface area contributed by atoms with Gasteiger partial charge in [-0.15, -0.1) is 0 Å². The van der Waals surface area contributed by atoms with Crippen LogP contribution in [0.15, 0.2) is 24.3 Å². The van der Waals surface area contributed by atoms with E-state index in [4.69, 9.17) is 0 Å². The summed E-state index contributed by atoms with van der Waals surface area (Å²) in [5.41, 5.74) is 0.418. The fourth-order valence-corrected chi connectivity index (χ4v) is 3.90. The third kappa shape index (κ3) is 2.96. The van der Waals surface area contributed by atoms with Crippen molar-refractivity contribution in [2.75, 3.05) is 26.2 Å². The maximum atomic E-state index is 13.2. The molecule has 2 fully saturated rings. The smallest absolute Gasteiger partial charge is 0.233 e. The van der Waals surface area contributed by atoms with Crippen LogP contribution in [-0.4, -0.2) is 47.8 Å². The second-order valence-electron chi connectivity index (χ2n) is 6.59. The van der Waals surface area contributed by atoms with Crippen LogP contribution in [0.3, 0.4) is 0 Å². The molecule has 2 aliphatic rings. The van der Waals surface area contributed by atoms with Crippen molar-refractivity contribution in [3.05, 3.63) is 35.6 Å². The van der Waals surface area contributed by atoms with Crippen molar-refractivity contribution in [2.45, 2.75) is 38.0 Å². The highest BCUT2D eigenvalue weighted by molar-refractivity contribution is 5.89. The Labute approximate surface area is 136 Å². The molecule has 23 heavy (non-hydrogen) atoms. The summed E-state index contributed by atoms with van der Waals surface area (Å²) in [7, 11) is 0. The summed E-state index contributed by atoms with van der Waals surface area (Å²) in [6.07, 6.45) is 3.70. The number of halogens is 1. The van der Waals surface area contributed by atoms with Gasteiger partial charge in [0.05, 0.1) is 5.41 Å². The number of carbonyl (C=O) groups is 2. The average molecular weight is 318 g/mol. The van der Waals surface area contributed by atoms with Crippen molar-refractivity contribution in [3.63, 3.8) is 0 Å². The number of benzene rings is 1. The van der Waals surface area contributed by atoms with E-state index in [2.05, 4.69) is 0 Å². The molecule has 0 unspecified atom stereocenters. The average Bonchev–Trinajstić information content (AvgIpc) is 3.06. The maximum Gasteiger partial charge on any atom is 0.233 e. The molecule has 1 saturated heterocycles. The van der Waals surface area contributed by atoms with Crippen molar-refractivity contribution in [3.8, 4) is 0 Å². The van der Waals surface area contributed by atoms with Gasteiger partial charge in [0.15, 0.2) is 0 Å². The topological polar surface area (TPSA) is 40.6 Å². The standard InChI is InChI=1S/C18H23FN2O2/c1-14(22)20-10-12-21(13-11-20)17(23)18(8-2-3-9-18)15-4-6-16(19)7-5-15/h4-7H,2-3,8-13H2,1H3. The summed E-state index contributed by atoms with van der Waals surface area (Å²) in [6, 6.07) is 6.39. The van der Waals surface area contributed by atoms with Gasteiger partial charge in [-0.05, 0) is 30.5 Å². The van der Waals surface area contributed by atoms with Gasteiger partial charge in [0.1, 0.15) is 5.82 Å². The zero-order valence-corrected chi connectivity index (χ0v) is 13.6. The lowest BCUT2D eigenvalue weighted by Crippen LogP contribution is -2.54. The van der Waals surface area contributed by atoms with Crippen LogP contribution < -0.4 is 0 Å². The van der Waals surface area contributed by atoms with Gasteiger partial charge in [-0.25, -0.2) is 4.39 Å². The Bertz CT molecular complexity index is 586. The van der Waals surface area contributed by atoms with E-state index in [9.17, 15) is 14.0 Å². The number of hydrogen-bond donors (Lipinski definition) is 0. The molecule has 1 aliphatic carbocycles. The predicted molar refractivity (Wildman–Crippen MR) is 85.4 cm³/mol. The number of carbonyl (C=O) groups excluding carboxylic acids is 2. The minimum Gasteiger partial charge on any atom is -0.339 e. The molecule has 0 aromatic heterocycles. The van der Waals surface area contributed by atoms with Gasteiger partial charge in [0.25, 0.3) is 0 Å². The first-order valence-electron chi connectivity index (χ1n) is 8.34. The van der Waals surface area contributed by atoms with E-state index in [1.165, 1.54) is 12.1 Å². The summed E-state index contributed by atoms with van der Waals surface area (Å²) >= 11 is 0. The van der Waals surface area contributed by atoms with Crippen molar-refractivity contribution < 1.29 is 14.0 Å². The van der Waals surface area contributed by atoms with Gasteiger partial charge in [-0.1, -0.05) is 25.0 Å². The first kappa shape index (κ1) is 16.0. The van der Waals surface area contributed by atoms with Crippen LogP contribution in [0.25, 0.3) is 0 Å². The van der Waals surface area contributed by atoms with E-state index in [-0.39, 0.29) is 17.6 Å². The molecule has 0 spiro atoms. The fourth-order valence-electron chi connectivity index (χ4n) is 3.90. The minimum atomic E-state index is -0.508. The molecule has 4 nitrogen and oxygen atoms in total. The van der Waals surface area contributed by atoms with Crippen LogP contribution in [0.4, 0.5) is 4.39 Å². The molecular weight excluding hydrogens is 295 g/mol. The normalized spacial score (nSPS) is 20.6. The van der Waals surface area contributed by atoms with E-state index in [1.54, 1.807) is 24.0 Å².